The lowest BCUT2D eigenvalue weighted by Gasteiger charge is -2.34. The summed E-state index contributed by atoms with van der Waals surface area (Å²) in [5.41, 5.74) is 5.02. The van der Waals surface area contributed by atoms with Gasteiger partial charge in [0.15, 0.2) is 0 Å². The number of nitrogens with zero attached hydrogens (tertiary/aromatic N) is 3. The van der Waals surface area contributed by atoms with Crippen LogP contribution in [0, 0.1) is 26.7 Å². The molecule has 1 fully saturated rings. The van der Waals surface area contributed by atoms with Gasteiger partial charge in [0.1, 0.15) is 0 Å². The quantitative estimate of drug-likeness (QED) is 0.483. The van der Waals surface area contributed by atoms with Crippen LogP contribution in [0.3, 0.4) is 0 Å². The number of sulfonamides is 1. The molecule has 0 atom stereocenters. The zero-order chi connectivity index (χ0) is 25.0. The molecule has 3 aromatic rings. The highest BCUT2D eigenvalue weighted by Crippen LogP contribution is 2.28. The van der Waals surface area contributed by atoms with Crippen molar-refractivity contribution in [3.63, 3.8) is 0 Å². The molecule has 1 aliphatic rings. The maximum absolute atomic E-state index is 13.7. The lowest BCUT2D eigenvalue weighted by Crippen LogP contribution is -2.44. The molecule has 1 amide bonds. The predicted molar refractivity (Wildman–Crippen MR) is 137 cm³/mol. The van der Waals surface area contributed by atoms with Gasteiger partial charge in [-0.1, -0.05) is 48.0 Å². The van der Waals surface area contributed by atoms with Crippen molar-refractivity contribution < 1.29 is 13.2 Å². The van der Waals surface area contributed by atoms with E-state index < -0.39 is 10.0 Å². The number of carbonyl (C=O) groups is 1. The lowest BCUT2D eigenvalue weighted by molar-refractivity contribution is -0.138. The molecule has 1 aliphatic heterocycles. The van der Waals surface area contributed by atoms with Gasteiger partial charge in [0.2, 0.25) is 15.9 Å². The van der Waals surface area contributed by atoms with Crippen LogP contribution in [0.2, 0.25) is 0 Å². The molecule has 7 heteroatoms. The van der Waals surface area contributed by atoms with Crippen molar-refractivity contribution in [1.29, 1.82) is 0 Å². The van der Waals surface area contributed by atoms with Crippen molar-refractivity contribution in [3.8, 4) is 0 Å². The smallest absolute Gasteiger partial charge is 0.243 e. The summed E-state index contributed by atoms with van der Waals surface area (Å²) in [5.74, 6) is -0.137. The van der Waals surface area contributed by atoms with Crippen LogP contribution in [0.1, 0.15) is 40.7 Å². The zero-order valence-electron chi connectivity index (χ0n) is 20.6. The summed E-state index contributed by atoms with van der Waals surface area (Å²) in [6.07, 6.45) is 4.54. The van der Waals surface area contributed by atoms with Crippen molar-refractivity contribution >= 4 is 15.9 Å². The Morgan fingerprint density at radius 2 is 1.71 bits per heavy atom. The van der Waals surface area contributed by atoms with E-state index in [0.29, 0.717) is 43.9 Å². The van der Waals surface area contributed by atoms with E-state index in [9.17, 15) is 13.2 Å². The Morgan fingerprint density at radius 1 is 0.971 bits per heavy atom. The lowest BCUT2D eigenvalue weighted by atomic mass is 9.95. The van der Waals surface area contributed by atoms with Crippen molar-refractivity contribution in [3.05, 3.63) is 94.8 Å². The molecule has 0 aliphatic carbocycles. The van der Waals surface area contributed by atoms with E-state index in [2.05, 4.69) is 24.0 Å². The minimum absolute atomic E-state index is 0.0701. The second-order valence-electron chi connectivity index (χ2n) is 9.43. The number of rotatable bonds is 7. The number of piperidine rings is 1. The molecule has 0 radical (unpaired) electrons. The molecule has 0 bridgehead atoms. The molecule has 184 valence electrons. The third-order valence-electron chi connectivity index (χ3n) is 6.78. The van der Waals surface area contributed by atoms with Crippen molar-refractivity contribution in [2.75, 3.05) is 13.1 Å². The number of pyridine rings is 1. The van der Waals surface area contributed by atoms with Crippen molar-refractivity contribution in [2.45, 2.75) is 51.6 Å². The number of hydrogen-bond acceptors (Lipinski definition) is 4. The number of aryl methyl sites for hydroxylation is 3. The molecule has 4 rings (SSSR count). The van der Waals surface area contributed by atoms with Gasteiger partial charge in [-0.3, -0.25) is 9.78 Å². The van der Waals surface area contributed by atoms with E-state index in [0.717, 1.165) is 27.8 Å². The largest absolute Gasteiger partial charge is 0.334 e. The highest BCUT2D eigenvalue weighted by molar-refractivity contribution is 7.89. The Labute approximate surface area is 208 Å². The molecule has 0 unspecified atom stereocenters. The summed E-state index contributed by atoms with van der Waals surface area (Å²) >= 11 is 0. The summed E-state index contributed by atoms with van der Waals surface area (Å²) < 4.78 is 28.1. The van der Waals surface area contributed by atoms with E-state index in [1.165, 1.54) is 4.31 Å². The van der Waals surface area contributed by atoms with Crippen LogP contribution in [-0.2, 0) is 27.9 Å². The first-order chi connectivity index (χ1) is 16.8. The Bertz CT molecular complexity index is 1280. The molecule has 1 saturated heterocycles. The van der Waals surface area contributed by atoms with E-state index in [1.54, 1.807) is 18.5 Å². The minimum atomic E-state index is -3.58. The molecular weight excluding hydrogens is 458 g/mol. The van der Waals surface area contributed by atoms with Crippen LogP contribution in [0.5, 0.6) is 0 Å². The fourth-order valence-corrected chi connectivity index (χ4v) is 6.42. The average Bonchev–Trinajstić information content (AvgIpc) is 2.85. The first kappa shape index (κ1) is 25.1. The molecule has 35 heavy (non-hydrogen) atoms. The second-order valence-corrected chi connectivity index (χ2v) is 11.3. The maximum Gasteiger partial charge on any atom is 0.243 e. The van der Waals surface area contributed by atoms with Gasteiger partial charge in [-0.25, -0.2) is 8.42 Å². The number of amides is 1. The summed E-state index contributed by atoms with van der Waals surface area (Å²) in [6.45, 7) is 7.52. The van der Waals surface area contributed by atoms with Gasteiger partial charge in [0, 0.05) is 44.5 Å². The third kappa shape index (κ3) is 5.80. The monoisotopic (exact) mass is 491 g/mol. The predicted octanol–water partition coefficient (Wildman–Crippen LogP) is 4.64. The second kappa shape index (κ2) is 10.7. The minimum Gasteiger partial charge on any atom is -0.334 e. The molecule has 1 aromatic heterocycles. The first-order valence-electron chi connectivity index (χ1n) is 12.1. The van der Waals surface area contributed by atoms with Gasteiger partial charge in [-0.15, -0.1) is 0 Å². The summed E-state index contributed by atoms with van der Waals surface area (Å²) in [7, 11) is -3.58. The van der Waals surface area contributed by atoms with Crippen LogP contribution in [0.4, 0.5) is 0 Å². The summed E-state index contributed by atoms with van der Waals surface area (Å²) in [6, 6.07) is 17.4. The Hall–Kier alpha value is -3.03. The fraction of sp³-hybridized carbons (Fsp3) is 0.357. The van der Waals surface area contributed by atoms with E-state index >= 15 is 0 Å². The van der Waals surface area contributed by atoms with Crippen LogP contribution in [0.25, 0.3) is 0 Å². The van der Waals surface area contributed by atoms with Gasteiger partial charge < -0.3 is 4.90 Å². The van der Waals surface area contributed by atoms with Crippen LogP contribution in [0.15, 0.2) is 71.9 Å². The summed E-state index contributed by atoms with van der Waals surface area (Å²) in [4.78, 5) is 20.1. The molecule has 0 N–H and O–H groups in total. The average molecular weight is 492 g/mol. The SMILES string of the molecule is Cc1ccc(S(=O)(=O)N2CCC(C(=O)N(Cc3cccnc3)Cc3ccccc3C)CC2)c(C)c1. The normalized spacial score (nSPS) is 15.2. The van der Waals surface area contributed by atoms with Crippen molar-refractivity contribution in [1.82, 2.24) is 14.2 Å². The highest BCUT2D eigenvalue weighted by Gasteiger charge is 2.34. The molecule has 0 spiro atoms. The Morgan fingerprint density at radius 3 is 2.37 bits per heavy atom. The molecule has 2 aromatic carbocycles. The van der Waals surface area contributed by atoms with Crippen LogP contribution >= 0.6 is 0 Å². The Kier molecular flexibility index (Phi) is 7.67. The van der Waals surface area contributed by atoms with E-state index in [-0.39, 0.29) is 11.8 Å². The Balaban J connectivity index is 1.49. The van der Waals surface area contributed by atoms with E-state index in [1.807, 2.05) is 55.1 Å². The van der Waals surface area contributed by atoms with Gasteiger partial charge in [0.05, 0.1) is 4.90 Å². The number of carbonyl (C=O) groups excluding carboxylic acids is 1. The molecule has 2 heterocycles. The number of hydrogen-bond donors (Lipinski definition) is 0. The summed E-state index contributed by atoms with van der Waals surface area (Å²) in [5, 5.41) is 0. The van der Waals surface area contributed by atoms with Gasteiger partial charge in [0.25, 0.3) is 0 Å². The standard InChI is InChI=1S/C28H33N3O3S/c1-21-10-11-27(23(3)17-21)35(33,34)31-15-12-25(13-16-31)28(32)30(19-24-8-6-14-29-18-24)20-26-9-5-4-7-22(26)2/h4-11,14,17-18,25H,12-13,15-16,19-20H2,1-3H3. The number of benzene rings is 2. The molecule has 6 nitrogen and oxygen atoms in total. The molecular formula is C28H33N3O3S. The van der Waals surface area contributed by atoms with E-state index in [4.69, 9.17) is 0 Å². The van der Waals surface area contributed by atoms with Crippen molar-refractivity contribution in [2.24, 2.45) is 5.92 Å². The topological polar surface area (TPSA) is 70.6 Å². The molecule has 0 saturated carbocycles. The third-order valence-corrected chi connectivity index (χ3v) is 8.84. The number of aromatic nitrogens is 1. The van der Waals surface area contributed by atoms with Crippen LogP contribution < -0.4 is 0 Å². The van der Waals surface area contributed by atoms with Gasteiger partial charge in [-0.05, 0) is 68.0 Å². The van der Waals surface area contributed by atoms with Gasteiger partial charge >= 0.3 is 0 Å². The highest BCUT2D eigenvalue weighted by atomic mass is 32.2. The van der Waals surface area contributed by atoms with Crippen LogP contribution in [-0.4, -0.2) is 41.6 Å². The zero-order valence-corrected chi connectivity index (χ0v) is 21.5. The fourth-order valence-electron chi connectivity index (χ4n) is 4.75. The maximum atomic E-state index is 13.7. The van der Waals surface area contributed by atoms with Gasteiger partial charge in [-0.2, -0.15) is 4.31 Å². The first-order valence-corrected chi connectivity index (χ1v) is 13.5.